The van der Waals surface area contributed by atoms with Gasteiger partial charge in [0.05, 0.1) is 26.5 Å². The molecule has 0 radical (unpaired) electrons. The van der Waals surface area contributed by atoms with Crippen molar-refractivity contribution in [2.45, 2.75) is 13.5 Å². The fourth-order valence-corrected chi connectivity index (χ4v) is 3.48. The summed E-state index contributed by atoms with van der Waals surface area (Å²) in [7, 11) is 3.19. The molecule has 0 N–H and O–H groups in total. The minimum absolute atomic E-state index is 0.107. The Bertz CT molecular complexity index is 1010. The molecule has 0 saturated heterocycles. The largest absolute Gasteiger partial charge is 0.494 e. The Balaban J connectivity index is 1.56. The second kappa shape index (κ2) is 10.5. The minimum Gasteiger partial charge on any atom is -0.494 e. The van der Waals surface area contributed by atoms with Crippen LogP contribution in [-0.2, 0) is 16.1 Å². The lowest BCUT2D eigenvalue weighted by Gasteiger charge is -2.08. The zero-order chi connectivity index (χ0) is 21.3. The number of carbonyl (C=O) groups is 1. The zero-order valence-electron chi connectivity index (χ0n) is 17.1. The van der Waals surface area contributed by atoms with Gasteiger partial charge in [0, 0.05) is 17.0 Å². The molecular formula is C23H23NO5S. The fraction of sp³-hybridized carbons (Fsp3) is 0.217. The molecule has 0 aliphatic heterocycles. The van der Waals surface area contributed by atoms with Gasteiger partial charge in [-0.25, -0.2) is 9.78 Å². The number of nitrogens with zero attached hydrogens (tertiary/aromatic N) is 1. The van der Waals surface area contributed by atoms with E-state index in [-0.39, 0.29) is 6.61 Å². The zero-order valence-corrected chi connectivity index (χ0v) is 17.9. The Labute approximate surface area is 179 Å². The van der Waals surface area contributed by atoms with Gasteiger partial charge in [0.15, 0.2) is 11.5 Å². The second-order valence-electron chi connectivity index (χ2n) is 6.16. The molecular weight excluding hydrogens is 402 g/mol. The summed E-state index contributed by atoms with van der Waals surface area (Å²) in [5, 5.41) is 2.68. The Hall–Kier alpha value is -3.32. The molecule has 156 valence electrons. The molecule has 0 amide bonds. The molecule has 6 nitrogen and oxygen atoms in total. The van der Waals surface area contributed by atoms with Gasteiger partial charge in [-0.05, 0) is 48.9 Å². The minimum atomic E-state index is -0.426. The van der Waals surface area contributed by atoms with Crippen LogP contribution in [0.25, 0.3) is 16.6 Å². The molecule has 30 heavy (non-hydrogen) atoms. The summed E-state index contributed by atoms with van der Waals surface area (Å²) in [5.74, 6) is 1.67. The number of hydrogen-bond acceptors (Lipinski definition) is 7. The van der Waals surface area contributed by atoms with Crippen molar-refractivity contribution in [3.8, 4) is 27.8 Å². The number of rotatable bonds is 9. The Morgan fingerprint density at radius 2 is 1.83 bits per heavy atom. The highest BCUT2D eigenvalue weighted by Gasteiger charge is 2.10. The van der Waals surface area contributed by atoms with E-state index >= 15 is 0 Å². The lowest BCUT2D eigenvalue weighted by Crippen LogP contribution is -2.01. The predicted octanol–water partition coefficient (Wildman–Crippen LogP) is 4.98. The topological polar surface area (TPSA) is 66.9 Å². The van der Waals surface area contributed by atoms with Crippen LogP contribution >= 0.6 is 11.3 Å². The van der Waals surface area contributed by atoms with Gasteiger partial charge in [0.2, 0.25) is 0 Å². The second-order valence-corrected chi connectivity index (χ2v) is 7.01. The van der Waals surface area contributed by atoms with E-state index in [1.165, 1.54) is 17.4 Å². The van der Waals surface area contributed by atoms with Crippen molar-refractivity contribution in [2.24, 2.45) is 0 Å². The van der Waals surface area contributed by atoms with E-state index < -0.39 is 5.97 Å². The van der Waals surface area contributed by atoms with Crippen LogP contribution in [0.1, 0.15) is 18.2 Å². The van der Waals surface area contributed by atoms with E-state index in [4.69, 9.17) is 18.9 Å². The summed E-state index contributed by atoms with van der Waals surface area (Å²) < 4.78 is 21.3. The highest BCUT2D eigenvalue weighted by Crippen LogP contribution is 2.33. The van der Waals surface area contributed by atoms with Crippen LogP contribution in [0.2, 0.25) is 0 Å². The van der Waals surface area contributed by atoms with Crippen LogP contribution in [0.15, 0.2) is 53.9 Å². The maximum atomic E-state index is 12.0. The molecule has 0 saturated carbocycles. The first-order chi connectivity index (χ1) is 14.6. The van der Waals surface area contributed by atoms with Gasteiger partial charge in [0.1, 0.15) is 17.4 Å². The maximum absolute atomic E-state index is 12.0. The molecule has 0 spiro atoms. The average Bonchev–Trinajstić information content (AvgIpc) is 3.26. The van der Waals surface area contributed by atoms with Crippen molar-refractivity contribution in [2.75, 3.05) is 20.8 Å². The van der Waals surface area contributed by atoms with Gasteiger partial charge >= 0.3 is 5.97 Å². The third-order valence-electron chi connectivity index (χ3n) is 4.15. The molecule has 0 aliphatic rings. The van der Waals surface area contributed by atoms with Crippen LogP contribution in [0.5, 0.6) is 17.2 Å². The van der Waals surface area contributed by atoms with Crippen molar-refractivity contribution in [3.05, 3.63) is 65.2 Å². The Morgan fingerprint density at radius 3 is 2.53 bits per heavy atom. The summed E-state index contributed by atoms with van der Waals surface area (Å²) in [4.78, 5) is 16.5. The van der Waals surface area contributed by atoms with E-state index in [0.717, 1.165) is 21.9 Å². The van der Waals surface area contributed by atoms with Crippen molar-refractivity contribution >= 4 is 23.4 Å². The quantitative estimate of drug-likeness (QED) is 0.356. The first-order valence-corrected chi connectivity index (χ1v) is 10.3. The molecule has 1 heterocycles. The van der Waals surface area contributed by atoms with Gasteiger partial charge in [0.25, 0.3) is 0 Å². The number of ether oxygens (including phenoxy) is 4. The lowest BCUT2D eigenvalue weighted by atomic mass is 10.2. The molecule has 0 fully saturated rings. The number of esters is 1. The standard InChI is InChI=1S/C23H23NO5S/c1-4-28-19-9-5-16(6-10-19)7-12-22(25)29-14-18-15-30-23(24-18)17-8-11-20(26-2)21(13-17)27-3/h5-13,15H,4,14H2,1-3H3/b12-7+. The summed E-state index contributed by atoms with van der Waals surface area (Å²) >= 11 is 1.47. The normalized spacial score (nSPS) is 10.8. The van der Waals surface area contributed by atoms with Crippen molar-refractivity contribution in [1.29, 1.82) is 0 Å². The highest BCUT2D eigenvalue weighted by molar-refractivity contribution is 7.13. The maximum Gasteiger partial charge on any atom is 0.331 e. The van der Waals surface area contributed by atoms with Gasteiger partial charge in [-0.15, -0.1) is 11.3 Å². The number of benzene rings is 2. The van der Waals surface area contributed by atoms with Crippen LogP contribution in [0.4, 0.5) is 0 Å². The number of carbonyl (C=O) groups excluding carboxylic acids is 1. The van der Waals surface area contributed by atoms with E-state index in [9.17, 15) is 4.79 Å². The number of hydrogen-bond donors (Lipinski definition) is 0. The van der Waals surface area contributed by atoms with Crippen LogP contribution < -0.4 is 14.2 Å². The molecule has 2 aromatic carbocycles. The molecule has 1 aromatic heterocycles. The van der Waals surface area contributed by atoms with Crippen molar-refractivity contribution in [1.82, 2.24) is 4.98 Å². The molecule has 0 aliphatic carbocycles. The SMILES string of the molecule is CCOc1ccc(/C=C/C(=O)OCc2csc(-c3ccc(OC)c(OC)c3)n2)cc1. The van der Waals surface area contributed by atoms with E-state index in [1.54, 1.807) is 20.3 Å². The van der Waals surface area contributed by atoms with Gasteiger partial charge < -0.3 is 18.9 Å². The number of thiazole rings is 1. The molecule has 0 unspecified atom stereocenters. The third-order valence-corrected chi connectivity index (χ3v) is 5.09. The van der Waals surface area contributed by atoms with E-state index in [2.05, 4.69) is 4.98 Å². The summed E-state index contributed by atoms with van der Waals surface area (Å²) in [5.41, 5.74) is 2.48. The highest BCUT2D eigenvalue weighted by atomic mass is 32.1. The van der Waals surface area contributed by atoms with Gasteiger partial charge in [-0.1, -0.05) is 12.1 Å². The first kappa shape index (κ1) is 21.4. The summed E-state index contributed by atoms with van der Waals surface area (Å²) in [6.45, 7) is 2.66. The lowest BCUT2D eigenvalue weighted by molar-refractivity contribution is -0.139. The van der Waals surface area contributed by atoms with Gasteiger partial charge in [-0.2, -0.15) is 0 Å². The molecule has 0 bridgehead atoms. The fourth-order valence-electron chi connectivity index (χ4n) is 2.67. The van der Waals surface area contributed by atoms with Gasteiger partial charge in [-0.3, -0.25) is 0 Å². The smallest absolute Gasteiger partial charge is 0.331 e. The molecule has 3 rings (SSSR count). The molecule has 7 heteroatoms. The predicted molar refractivity (Wildman–Crippen MR) is 117 cm³/mol. The van der Waals surface area contributed by atoms with Crippen molar-refractivity contribution < 1.29 is 23.7 Å². The average molecular weight is 426 g/mol. The van der Waals surface area contributed by atoms with Crippen LogP contribution in [0.3, 0.4) is 0 Å². The third kappa shape index (κ3) is 5.61. The Kier molecular flexibility index (Phi) is 7.45. The number of methoxy groups -OCH3 is 2. The monoisotopic (exact) mass is 425 g/mol. The Morgan fingerprint density at radius 1 is 1.07 bits per heavy atom. The molecule has 0 atom stereocenters. The van der Waals surface area contributed by atoms with E-state index in [0.29, 0.717) is 23.8 Å². The summed E-state index contributed by atoms with van der Waals surface area (Å²) in [6.07, 6.45) is 3.10. The molecule has 3 aromatic rings. The van der Waals surface area contributed by atoms with Crippen LogP contribution in [-0.4, -0.2) is 31.8 Å². The van der Waals surface area contributed by atoms with Crippen molar-refractivity contribution in [3.63, 3.8) is 0 Å². The first-order valence-electron chi connectivity index (χ1n) is 9.37. The summed E-state index contributed by atoms with van der Waals surface area (Å²) in [6, 6.07) is 13.1. The number of aromatic nitrogens is 1. The van der Waals surface area contributed by atoms with E-state index in [1.807, 2.05) is 54.8 Å². The van der Waals surface area contributed by atoms with Crippen LogP contribution in [0, 0.1) is 0 Å².